The van der Waals surface area contributed by atoms with E-state index >= 15 is 0 Å². The van der Waals surface area contributed by atoms with E-state index in [4.69, 9.17) is 20.5 Å². The third kappa shape index (κ3) is 1.60. The molecule has 0 saturated heterocycles. The minimum Gasteiger partial charge on any atom is -0.458 e. The predicted octanol–water partition coefficient (Wildman–Crippen LogP) is 2.98. The molecule has 0 spiro atoms. The van der Waals surface area contributed by atoms with Gasteiger partial charge in [0.05, 0.1) is 11.6 Å². The summed E-state index contributed by atoms with van der Waals surface area (Å²) < 4.78 is 10.4. The van der Waals surface area contributed by atoms with Gasteiger partial charge in [-0.2, -0.15) is 0 Å². The first kappa shape index (κ1) is 8.38. The van der Waals surface area contributed by atoms with Crippen LogP contribution < -0.4 is 0 Å². The summed E-state index contributed by atoms with van der Waals surface area (Å²) in [6, 6.07) is 5.48. The lowest BCUT2D eigenvalue weighted by molar-refractivity contribution is 0.410. The second-order valence-corrected chi connectivity index (χ2v) is 2.99. The molecule has 2 aromatic rings. The van der Waals surface area contributed by atoms with Crippen LogP contribution in [0.15, 0.2) is 27.1 Å². The molecule has 0 amide bonds. The number of halogens is 1. The Morgan fingerprint density at radius 3 is 2.77 bits per heavy atom. The maximum atomic E-state index is 5.58. The maximum Gasteiger partial charge on any atom is 0.202 e. The van der Waals surface area contributed by atoms with Gasteiger partial charge in [0, 0.05) is 6.07 Å². The molecule has 68 valence electrons. The molecule has 0 N–H and O–H groups in total. The molecule has 0 aliphatic rings. The van der Waals surface area contributed by atoms with E-state index in [1.54, 1.807) is 6.07 Å². The van der Waals surface area contributed by atoms with Crippen LogP contribution in [-0.2, 0) is 5.88 Å². The molecule has 0 bridgehead atoms. The molecule has 2 aromatic heterocycles. The molecule has 0 atom stereocenters. The molecular weight excluding hydrogens is 190 g/mol. The highest BCUT2D eigenvalue weighted by Gasteiger charge is 2.08. The van der Waals surface area contributed by atoms with Crippen molar-refractivity contribution in [2.24, 2.45) is 0 Å². The van der Waals surface area contributed by atoms with Gasteiger partial charge in [-0.05, 0) is 19.1 Å². The van der Waals surface area contributed by atoms with Crippen LogP contribution in [0.1, 0.15) is 11.5 Å². The van der Waals surface area contributed by atoms with E-state index < -0.39 is 0 Å². The van der Waals surface area contributed by atoms with Crippen molar-refractivity contribution < 1.29 is 8.94 Å². The average Bonchev–Trinajstić information content (AvgIpc) is 2.71. The first-order valence-electron chi connectivity index (χ1n) is 3.88. The Hall–Kier alpha value is -1.22. The maximum absolute atomic E-state index is 5.58. The van der Waals surface area contributed by atoms with Crippen molar-refractivity contribution in [1.29, 1.82) is 0 Å². The summed E-state index contributed by atoms with van der Waals surface area (Å²) in [7, 11) is 0. The normalized spacial score (nSPS) is 10.6. The number of aryl methyl sites for hydroxylation is 1. The van der Waals surface area contributed by atoms with Gasteiger partial charge >= 0.3 is 0 Å². The van der Waals surface area contributed by atoms with Crippen molar-refractivity contribution in [3.05, 3.63) is 29.7 Å². The largest absolute Gasteiger partial charge is 0.458 e. The molecule has 0 saturated carbocycles. The lowest BCUT2D eigenvalue weighted by Crippen LogP contribution is -1.70. The molecule has 2 rings (SSSR count). The van der Waals surface area contributed by atoms with Crippen molar-refractivity contribution in [3.63, 3.8) is 0 Å². The number of alkyl halides is 1. The van der Waals surface area contributed by atoms with Crippen LogP contribution in [0.2, 0.25) is 0 Å². The zero-order chi connectivity index (χ0) is 9.26. The molecule has 0 radical (unpaired) electrons. The van der Waals surface area contributed by atoms with E-state index in [-0.39, 0.29) is 0 Å². The van der Waals surface area contributed by atoms with Gasteiger partial charge in [0.2, 0.25) is 5.76 Å². The Morgan fingerprint density at radius 2 is 2.23 bits per heavy atom. The lowest BCUT2D eigenvalue weighted by atomic mass is 10.3. The van der Waals surface area contributed by atoms with Crippen LogP contribution in [0.5, 0.6) is 0 Å². The Labute approximate surface area is 80.3 Å². The Kier molecular flexibility index (Phi) is 2.10. The number of hydrogen-bond donors (Lipinski definition) is 0. The molecule has 0 fully saturated rings. The summed E-state index contributed by atoms with van der Waals surface area (Å²) in [4.78, 5) is 0. The van der Waals surface area contributed by atoms with Crippen molar-refractivity contribution in [2.45, 2.75) is 12.8 Å². The molecule has 0 aliphatic heterocycles. The van der Waals surface area contributed by atoms with Crippen molar-refractivity contribution >= 4 is 11.6 Å². The van der Waals surface area contributed by atoms with Crippen LogP contribution >= 0.6 is 11.6 Å². The number of aromatic nitrogens is 1. The first-order chi connectivity index (χ1) is 6.29. The quantitative estimate of drug-likeness (QED) is 0.695. The zero-order valence-electron chi connectivity index (χ0n) is 7.08. The van der Waals surface area contributed by atoms with Gasteiger partial charge in [-0.15, -0.1) is 11.6 Å². The topological polar surface area (TPSA) is 39.2 Å². The SMILES string of the molecule is Cc1ccc(-c2cc(CCl)no2)o1. The highest BCUT2D eigenvalue weighted by atomic mass is 35.5. The second kappa shape index (κ2) is 3.26. The summed E-state index contributed by atoms with van der Waals surface area (Å²) in [6.45, 7) is 1.88. The highest BCUT2D eigenvalue weighted by Crippen LogP contribution is 2.22. The van der Waals surface area contributed by atoms with E-state index in [1.165, 1.54) is 0 Å². The monoisotopic (exact) mass is 197 g/mol. The fraction of sp³-hybridized carbons (Fsp3) is 0.222. The summed E-state index contributed by atoms with van der Waals surface area (Å²) in [5.41, 5.74) is 0.714. The first-order valence-corrected chi connectivity index (χ1v) is 4.41. The van der Waals surface area contributed by atoms with Gasteiger partial charge in [-0.3, -0.25) is 0 Å². The Morgan fingerprint density at radius 1 is 1.38 bits per heavy atom. The van der Waals surface area contributed by atoms with Crippen LogP contribution in [-0.4, -0.2) is 5.16 Å². The molecule has 3 nitrogen and oxygen atoms in total. The second-order valence-electron chi connectivity index (χ2n) is 2.73. The minimum atomic E-state index is 0.350. The van der Waals surface area contributed by atoms with Gasteiger partial charge in [0.25, 0.3) is 0 Å². The van der Waals surface area contributed by atoms with E-state index in [2.05, 4.69) is 5.16 Å². The average molecular weight is 198 g/mol. The van der Waals surface area contributed by atoms with Gasteiger partial charge in [0.1, 0.15) is 5.76 Å². The third-order valence-electron chi connectivity index (χ3n) is 1.68. The van der Waals surface area contributed by atoms with E-state index in [1.807, 2.05) is 19.1 Å². The van der Waals surface area contributed by atoms with Crippen molar-refractivity contribution in [1.82, 2.24) is 5.16 Å². The molecular formula is C9H8ClNO2. The molecule has 2 heterocycles. The van der Waals surface area contributed by atoms with Gasteiger partial charge in [0.15, 0.2) is 5.76 Å². The standard InChI is InChI=1S/C9H8ClNO2/c1-6-2-3-8(12-6)9-4-7(5-10)11-13-9/h2-4H,5H2,1H3. The zero-order valence-corrected chi connectivity index (χ0v) is 7.84. The Bertz CT molecular complexity index is 405. The van der Waals surface area contributed by atoms with Crippen LogP contribution in [0.4, 0.5) is 0 Å². The number of furan rings is 1. The third-order valence-corrected chi connectivity index (χ3v) is 1.95. The number of rotatable bonds is 2. The number of hydrogen-bond acceptors (Lipinski definition) is 3. The van der Waals surface area contributed by atoms with Crippen LogP contribution in [0.3, 0.4) is 0 Å². The molecule has 0 unspecified atom stereocenters. The smallest absolute Gasteiger partial charge is 0.202 e. The minimum absolute atomic E-state index is 0.350. The van der Waals surface area contributed by atoms with Gasteiger partial charge in [-0.25, -0.2) is 0 Å². The molecule has 0 aliphatic carbocycles. The molecule has 4 heteroatoms. The van der Waals surface area contributed by atoms with Crippen molar-refractivity contribution in [2.75, 3.05) is 0 Å². The Balaban J connectivity index is 2.35. The number of nitrogens with zero attached hydrogens (tertiary/aromatic N) is 1. The molecule has 13 heavy (non-hydrogen) atoms. The van der Waals surface area contributed by atoms with E-state index in [0.29, 0.717) is 23.1 Å². The van der Waals surface area contributed by atoms with Gasteiger partial charge < -0.3 is 8.94 Å². The summed E-state index contributed by atoms with van der Waals surface area (Å²) in [5, 5.41) is 3.75. The predicted molar refractivity (Wildman–Crippen MR) is 48.5 cm³/mol. The summed E-state index contributed by atoms with van der Waals surface area (Å²) in [5.74, 6) is 2.49. The van der Waals surface area contributed by atoms with Gasteiger partial charge in [-0.1, -0.05) is 5.16 Å². The van der Waals surface area contributed by atoms with Crippen LogP contribution in [0.25, 0.3) is 11.5 Å². The van der Waals surface area contributed by atoms with E-state index in [0.717, 1.165) is 5.76 Å². The molecule has 0 aromatic carbocycles. The fourth-order valence-corrected chi connectivity index (χ4v) is 1.18. The van der Waals surface area contributed by atoms with Crippen LogP contribution in [0, 0.1) is 6.92 Å². The summed E-state index contributed by atoms with van der Waals surface area (Å²) in [6.07, 6.45) is 0. The lowest BCUT2D eigenvalue weighted by Gasteiger charge is -1.85. The van der Waals surface area contributed by atoms with Crippen molar-refractivity contribution in [3.8, 4) is 11.5 Å². The highest BCUT2D eigenvalue weighted by molar-refractivity contribution is 6.16. The summed E-state index contributed by atoms with van der Waals surface area (Å²) >= 11 is 5.58. The fourth-order valence-electron chi connectivity index (χ4n) is 1.06. The van der Waals surface area contributed by atoms with E-state index in [9.17, 15) is 0 Å².